The zero-order chi connectivity index (χ0) is 16.7. The van der Waals surface area contributed by atoms with Crippen molar-refractivity contribution in [1.29, 1.82) is 0 Å². The molecule has 1 aromatic carbocycles. The van der Waals surface area contributed by atoms with Gasteiger partial charge in [0.2, 0.25) is 5.91 Å². The van der Waals surface area contributed by atoms with Gasteiger partial charge in [0.15, 0.2) is 0 Å². The van der Waals surface area contributed by atoms with Crippen molar-refractivity contribution in [2.75, 3.05) is 32.7 Å². The van der Waals surface area contributed by atoms with Crippen molar-refractivity contribution in [3.05, 3.63) is 42.0 Å². The predicted molar refractivity (Wildman–Crippen MR) is 95.9 cm³/mol. The van der Waals surface area contributed by atoms with E-state index >= 15 is 0 Å². The third-order valence-electron chi connectivity index (χ3n) is 4.70. The van der Waals surface area contributed by atoms with E-state index in [0.717, 1.165) is 39.1 Å². The molecule has 2 atom stereocenters. The fourth-order valence-corrected chi connectivity index (χ4v) is 2.76. The van der Waals surface area contributed by atoms with Gasteiger partial charge in [-0.2, -0.15) is 0 Å². The van der Waals surface area contributed by atoms with Crippen LogP contribution in [0.5, 0.6) is 0 Å². The maximum absolute atomic E-state index is 12.4. The summed E-state index contributed by atoms with van der Waals surface area (Å²) >= 11 is 0. The molecule has 1 aliphatic heterocycles. The normalized spacial score (nSPS) is 19.0. The summed E-state index contributed by atoms with van der Waals surface area (Å²) in [6.45, 7) is 8.44. The van der Waals surface area contributed by atoms with Crippen LogP contribution in [-0.2, 0) is 4.79 Å². The van der Waals surface area contributed by atoms with Crippen LogP contribution in [0.15, 0.2) is 36.4 Å². The lowest BCUT2D eigenvalue weighted by atomic mass is 9.98. The summed E-state index contributed by atoms with van der Waals surface area (Å²) < 4.78 is 0. The third kappa shape index (κ3) is 5.19. The number of hydrogen-bond donors (Lipinski definition) is 1. The Hall–Kier alpha value is -1.65. The molecule has 0 saturated carbocycles. The summed E-state index contributed by atoms with van der Waals surface area (Å²) in [5, 5.41) is 0. The van der Waals surface area contributed by atoms with Crippen LogP contribution in [0.25, 0.3) is 6.08 Å². The highest BCUT2D eigenvalue weighted by Crippen LogP contribution is 2.11. The number of hydrogen-bond acceptors (Lipinski definition) is 3. The topological polar surface area (TPSA) is 49.6 Å². The Morgan fingerprint density at radius 2 is 1.87 bits per heavy atom. The highest BCUT2D eigenvalue weighted by molar-refractivity contribution is 5.82. The summed E-state index contributed by atoms with van der Waals surface area (Å²) in [5.41, 5.74) is 7.29. The second-order valence-electron chi connectivity index (χ2n) is 6.35. The van der Waals surface area contributed by atoms with Gasteiger partial charge in [-0.05, 0) is 11.5 Å². The van der Waals surface area contributed by atoms with Gasteiger partial charge in [-0.1, -0.05) is 62.8 Å². The number of carbonyl (C=O) groups is 1. The van der Waals surface area contributed by atoms with Gasteiger partial charge in [-0.3, -0.25) is 9.69 Å². The average molecular weight is 315 g/mol. The third-order valence-corrected chi connectivity index (χ3v) is 4.70. The molecule has 1 amide bonds. The van der Waals surface area contributed by atoms with Gasteiger partial charge in [0.05, 0.1) is 6.04 Å². The Balaban J connectivity index is 1.75. The van der Waals surface area contributed by atoms with Crippen LogP contribution in [0.1, 0.15) is 25.8 Å². The first-order valence-corrected chi connectivity index (χ1v) is 8.60. The second-order valence-corrected chi connectivity index (χ2v) is 6.35. The fourth-order valence-electron chi connectivity index (χ4n) is 2.76. The van der Waals surface area contributed by atoms with Gasteiger partial charge >= 0.3 is 0 Å². The highest BCUT2D eigenvalue weighted by atomic mass is 16.2. The van der Waals surface area contributed by atoms with Gasteiger partial charge in [0.25, 0.3) is 0 Å². The van der Waals surface area contributed by atoms with Gasteiger partial charge in [0.1, 0.15) is 0 Å². The minimum Gasteiger partial charge on any atom is -0.339 e. The lowest BCUT2D eigenvalue weighted by Gasteiger charge is -2.36. The Kier molecular flexibility index (Phi) is 6.81. The van der Waals surface area contributed by atoms with E-state index in [1.165, 1.54) is 5.56 Å². The van der Waals surface area contributed by atoms with Crippen LogP contribution >= 0.6 is 0 Å². The van der Waals surface area contributed by atoms with Crippen molar-refractivity contribution in [3.8, 4) is 0 Å². The molecule has 1 aliphatic rings. The lowest BCUT2D eigenvalue weighted by Crippen LogP contribution is -2.54. The zero-order valence-electron chi connectivity index (χ0n) is 14.3. The number of amides is 1. The molecule has 126 valence electrons. The van der Waals surface area contributed by atoms with Gasteiger partial charge in [0, 0.05) is 32.7 Å². The Labute approximate surface area is 140 Å². The van der Waals surface area contributed by atoms with E-state index in [4.69, 9.17) is 5.73 Å². The first-order chi connectivity index (χ1) is 11.1. The highest BCUT2D eigenvalue weighted by Gasteiger charge is 2.27. The van der Waals surface area contributed by atoms with E-state index in [9.17, 15) is 4.79 Å². The average Bonchev–Trinajstić information content (AvgIpc) is 2.61. The van der Waals surface area contributed by atoms with E-state index in [1.54, 1.807) is 0 Å². The molecule has 4 nitrogen and oxygen atoms in total. The molecule has 4 heteroatoms. The molecule has 0 aliphatic carbocycles. The second kappa shape index (κ2) is 8.85. The molecule has 23 heavy (non-hydrogen) atoms. The number of nitrogens with two attached hydrogens (primary N) is 1. The largest absolute Gasteiger partial charge is 0.339 e. The minimum atomic E-state index is -0.357. The predicted octanol–water partition coefficient (Wildman–Crippen LogP) is 2.22. The molecule has 0 bridgehead atoms. The minimum absolute atomic E-state index is 0.110. The van der Waals surface area contributed by atoms with E-state index in [2.05, 4.69) is 36.1 Å². The maximum Gasteiger partial charge on any atom is 0.239 e. The van der Waals surface area contributed by atoms with E-state index in [1.807, 2.05) is 30.0 Å². The molecule has 1 saturated heterocycles. The summed E-state index contributed by atoms with van der Waals surface area (Å²) in [7, 11) is 0. The van der Waals surface area contributed by atoms with Crippen molar-refractivity contribution in [2.24, 2.45) is 11.7 Å². The molecule has 0 aromatic heterocycles. The first kappa shape index (κ1) is 17.7. The molecule has 1 fully saturated rings. The smallest absolute Gasteiger partial charge is 0.239 e. The number of carbonyl (C=O) groups excluding carboxylic acids is 1. The summed E-state index contributed by atoms with van der Waals surface area (Å²) in [5.74, 6) is 0.355. The number of nitrogens with zero attached hydrogens (tertiary/aromatic N) is 2. The summed E-state index contributed by atoms with van der Waals surface area (Å²) in [6.07, 6.45) is 5.28. The summed E-state index contributed by atoms with van der Waals surface area (Å²) in [4.78, 5) is 16.7. The molecule has 2 N–H and O–H groups in total. The monoisotopic (exact) mass is 315 g/mol. The molecule has 1 heterocycles. The van der Waals surface area contributed by atoms with Crippen molar-refractivity contribution in [3.63, 3.8) is 0 Å². The van der Waals surface area contributed by atoms with Gasteiger partial charge in [-0.25, -0.2) is 0 Å². The van der Waals surface area contributed by atoms with Crippen LogP contribution in [0.4, 0.5) is 0 Å². The van der Waals surface area contributed by atoms with Crippen LogP contribution in [-0.4, -0.2) is 54.5 Å². The number of rotatable bonds is 6. The van der Waals surface area contributed by atoms with Crippen LogP contribution in [0, 0.1) is 5.92 Å². The fraction of sp³-hybridized carbons (Fsp3) is 0.526. The van der Waals surface area contributed by atoms with Crippen LogP contribution < -0.4 is 5.73 Å². The Bertz CT molecular complexity index is 507. The summed E-state index contributed by atoms with van der Waals surface area (Å²) in [6, 6.07) is 9.96. The standard InChI is InChI=1S/C19H29N3O/c1-3-16(2)18(20)19(23)22-14-12-21(13-15-22)11-7-10-17-8-5-4-6-9-17/h4-10,16,18H,3,11-15,20H2,1-2H3/b10-7+/t16-,18+/m0/s1. The zero-order valence-corrected chi connectivity index (χ0v) is 14.3. The Morgan fingerprint density at radius 3 is 2.48 bits per heavy atom. The number of benzene rings is 1. The van der Waals surface area contributed by atoms with Crippen LogP contribution in [0.3, 0.4) is 0 Å². The van der Waals surface area contributed by atoms with Crippen LogP contribution in [0.2, 0.25) is 0 Å². The van der Waals surface area contributed by atoms with E-state index in [0.29, 0.717) is 0 Å². The molecule has 1 aromatic rings. The lowest BCUT2D eigenvalue weighted by molar-refractivity contribution is -0.135. The molecule has 0 radical (unpaired) electrons. The van der Waals surface area contributed by atoms with Crippen molar-refractivity contribution < 1.29 is 4.79 Å². The van der Waals surface area contributed by atoms with Crippen molar-refractivity contribution in [1.82, 2.24) is 9.80 Å². The van der Waals surface area contributed by atoms with Gasteiger partial charge in [-0.15, -0.1) is 0 Å². The maximum atomic E-state index is 12.4. The first-order valence-electron chi connectivity index (χ1n) is 8.60. The van der Waals surface area contributed by atoms with Gasteiger partial charge < -0.3 is 10.6 Å². The molecule has 2 rings (SSSR count). The molecule has 0 spiro atoms. The van der Waals surface area contributed by atoms with E-state index < -0.39 is 0 Å². The molecular weight excluding hydrogens is 286 g/mol. The Morgan fingerprint density at radius 1 is 1.22 bits per heavy atom. The SMILES string of the molecule is CC[C@H](C)[C@@H](N)C(=O)N1CCN(C/C=C/c2ccccc2)CC1. The number of piperazine rings is 1. The quantitative estimate of drug-likeness (QED) is 0.876. The van der Waals surface area contributed by atoms with Crippen molar-refractivity contribution in [2.45, 2.75) is 26.3 Å². The molecule has 0 unspecified atom stereocenters. The van der Waals surface area contributed by atoms with Crippen molar-refractivity contribution >= 4 is 12.0 Å². The van der Waals surface area contributed by atoms with E-state index in [-0.39, 0.29) is 17.9 Å². The molecular formula is C19H29N3O.